The van der Waals surface area contributed by atoms with Crippen LogP contribution in [0.25, 0.3) is 0 Å². The Labute approximate surface area is 116 Å². The standard InChI is InChI=1S/C15H14FN3O/c16-13-3-1-2-11-4-5-19(14(11)13)15(20)12-6-10(7-17)8-18-9-12/h1-3,6,8-9H,4-5,7,17H2. The first kappa shape index (κ1) is 12.7. The van der Waals surface area contributed by atoms with Gasteiger partial charge in [-0.1, -0.05) is 12.1 Å². The lowest BCUT2D eigenvalue weighted by Gasteiger charge is -2.18. The first-order valence-corrected chi connectivity index (χ1v) is 6.44. The molecule has 5 heteroatoms. The number of benzene rings is 1. The zero-order chi connectivity index (χ0) is 14.1. The van der Waals surface area contributed by atoms with E-state index in [1.807, 2.05) is 6.07 Å². The fourth-order valence-corrected chi connectivity index (χ4v) is 2.48. The Morgan fingerprint density at radius 3 is 3.05 bits per heavy atom. The van der Waals surface area contributed by atoms with Crippen molar-refractivity contribution in [2.45, 2.75) is 13.0 Å². The zero-order valence-electron chi connectivity index (χ0n) is 10.8. The third-order valence-electron chi connectivity index (χ3n) is 3.47. The number of aromatic nitrogens is 1. The molecule has 0 saturated heterocycles. The molecule has 1 amide bonds. The number of rotatable bonds is 2. The van der Waals surface area contributed by atoms with Crippen molar-refractivity contribution >= 4 is 11.6 Å². The number of hydrogen-bond acceptors (Lipinski definition) is 3. The molecule has 4 nitrogen and oxygen atoms in total. The number of fused-ring (bicyclic) bond motifs is 1. The molecular formula is C15H14FN3O. The van der Waals surface area contributed by atoms with Gasteiger partial charge >= 0.3 is 0 Å². The molecule has 0 unspecified atom stereocenters. The quantitative estimate of drug-likeness (QED) is 0.907. The molecule has 1 aliphatic heterocycles. The smallest absolute Gasteiger partial charge is 0.259 e. The second-order valence-corrected chi connectivity index (χ2v) is 4.74. The zero-order valence-corrected chi connectivity index (χ0v) is 10.8. The fraction of sp³-hybridized carbons (Fsp3) is 0.200. The summed E-state index contributed by atoms with van der Waals surface area (Å²) in [6.45, 7) is 0.807. The number of carbonyl (C=O) groups is 1. The minimum absolute atomic E-state index is 0.239. The monoisotopic (exact) mass is 271 g/mol. The van der Waals surface area contributed by atoms with Crippen LogP contribution < -0.4 is 10.6 Å². The van der Waals surface area contributed by atoms with Gasteiger partial charge in [0.25, 0.3) is 5.91 Å². The molecule has 0 bridgehead atoms. The van der Waals surface area contributed by atoms with Gasteiger partial charge in [-0.15, -0.1) is 0 Å². The first-order valence-electron chi connectivity index (χ1n) is 6.44. The predicted molar refractivity (Wildman–Crippen MR) is 73.9 cm³/mol. The summed E-state index contributed by atoms with van der Waals surface area (Å²) in [6, 6.07) is 6.59. The molecule has 1 aromatic heterocycles. The van der Waals surface area contributed by atoms with E-state index in [2.05, 4.69) is 4.98 Å². The molecule has 0 atom stereocenters. The molecule has 1 aromatic carbocycles. The highest BCUT2D eigenvalue weighted by molar-refractivity contribution is 6.07. The van der Waals surface area contributed by atoms with E-state index in [1.54, 1.807) is 18.3 Å². The minimum Gasteiger partial charge on any atom is -0.326 e. The van der Waals surface area contributed by atoms with Crippen molar-refractivity contribution < 1.29 is 9.18 Å². The van der Waals surface area contributed by atoms with Gasteiger partial charge in [0.2, 0.25) is 0 Å². The predicted octanol–water partition coefficient (Wildman–Crippen LogP) is 1.88. The number of amides is 1. The fourth-order valence-electron chi connectivity index (χ4n) is 2.48. The Morgan fingerprint density at radius 2 is 2.25 bits per heavy atom. The maximum absolute atomic E-state index is 13.9. The van der Waals surface area contributed by atoms with Crippen LogP contribution in [0, 0.1) is 5.82 Å². The van der Waals surface area contributed by atoms with Crippen LogP contribution >= 0.6 is 0 Å². The average Bonchev–Trinajstić information content (AvgIpc) is 2.92. The third kappa shape index (κ3) is 2.06. The summed E-state index contributed by atoms with van der Waals surface area (Å²) in [6.07, 6.45) is 3.78. The molecule has 2 heterocycles. The van der Waals surface area contributed by atoms with Gasteiger partial charge in [0.05, 0.1) is 11.3 Å². The van der Waals surface area contributed by atoms with Crippen LogP contribution in [0.5, 0.6) is 0 Å². The lowest BCUT2D eigenvalue weighted by atomic mass is 10.1. The molecule has 3 rings (SSSR count). The van der Waals surface area contributed by atoms with E-state index in [4.69, 9.17) is 5.73 Å². The van der Waals surface area contributed by atoms with Crippen LogP contribution in [0.4, 0.5) is 10.1 Å². The van der Waals surface area contributed by atoms with Crippen molar-refractivity contribution in [3.05, 3.63) is 59.2 Å². The summed E-state index contributed by atoms with van der Waals surface area (Å²) in [5.41, 5.74) is 8.01. The van der Waals surface area contributed by atoms with E-state index < -0.39 is 0 Å². The molecular weight excluding hydrogens is 257 g/mol. The summed E-state index contributed by atoms with van der Waals surface area (Å²) < 4.78 is 13.9. The highest BCUT2D eigenvalue weighted by Crippen LogP contribution is 2.31. The number of anilines is 1. The van der Waals surface area contributed by atoms with Crippen LogP contribution in [-0.4, -0.2) is 17.4 Å². The molecule has 0 fully saturated rings. The second kappa shape index (κ2) is 5.02. The second-order valence-electron chi connectivity index (χ2n) is 4.74. The topological polar surface area (TPSA) is 59.2 Å². The molecule has 102 valence electrons. The average molecular weight is 271 g/mol. The number of nitrogens with two attached hydrogens (primary N) is 1. The van der Waals surface area contributed by atoms with E-state index in [9.17, 15) is 9.18 Å². The van der Waals surface area contributed by atoms with Crippen LogP contribution in [-0.2, 0) is 13.0 Å². The Morgan fingerprint density at radius 1 is 1.40 bits per heavy atom. The molecule has 0 aliphatic carbocycles. The Balaban J connectivity index is 1.97. The number of nitrogens with zero attached hydrogens (tertiary/aromatic N) is 2. The van der Waals surface area contributed by atoms with Crippen molar-refractivity contribution in [1.82, 2.24) is 4.98 Å². The largest absolute Gasteiger partial charge is 0.326 e. The third-order valence-corrected chi connectivity index (χ3v) is 3.47. The van der Waals surface area contributed by atoms with Gasteiger partial charge in [-0.25, -0.2) is 4.39 Å². The summed E-state index contributed by atoms with van der Waals surface area (Å²) in [5.74, 6) is -0.604. The van der Waals surface area contributed by atoms with Gasteiger partial charge in [-0.05, 0) is 29.7 Å². The molecule has 0 radical (unpaired) electrons. The Bertz CT molecular complexity index is 672. The summed E-state index contributed by atoms with van der Waals surface area (Å²) in [7, 11) is 0. The van der Waals surface area contributed by atoms with Crippen molar-refractivity contribution in [2.75, 3.05) is 11.4 Å². The molecule has 0 saturated carbocycles. The van der Waals surface area contributed by atoms with Crippen molar-refractivity contribution in [3.63, 3.8) is 0 Å². The van der Waals surface area contributed by atoms with Crippen LogP contribution in [0.2, 0.25) is 0 Å². The van der Waals surface area contributed by atoms with E-state index in [1.165, 1.54) is 17.2 Å². The molecule has 2 N–H and O–H groups in total. The first-order chi connectivity index (χ1) is 9.70. The van der Waals surface area contributed by atoms with Gasteiger partial charge in [0, 0.05) is 25.5 Å². The minimum atomic E-state index is -0.365. The van der Waals surface area contributed by atoms with Gasteiger partial charge in [0.15, 0.2) is 0 Å². The number of hydrogen-bond donors (Lipinski definition) is 1. The van der Waals surface area contributed by atoms with E-state index >= 15 is 0 Å². The van der Waals surface area contributed by atoms with Gasteiger partial charge < -0.3 is 10.6 Å². The van der Waals surface area contributed by atoms with Gasteiger partial charge in [-0.3, -0.25) is 9.78 Å². The van der Waals surface area contributed by atoms with Crippen LogP contribution in [0.3, 0.4) is 0 Å². The maximum atomic E-state index is 13.9. The summed E-state index contributed by atoms with van der Waals surface area (Å²) in [5, 5.41) is 0. The number of pyridine rings is 1. The lowest BCUT2D eigenvalue weighted by Crippen LogP contribution is -2.29. The van der Waals surface area contributed by atoms with Crippen molar-refractivity contribution in [3.8, 4) is 0 Å². The molecule has 1 aliphatic rings. The SMILES string of the molecule is NCc1cncc(C(=O)N2CCc3cccc(F)c32)c1. The van der Waals surface area contributed by atoms with E-state index in [0.29, 0.717) is 30.8 Å². The summed E-state index contributed by atoms with van der Waals surface area (Å²) in [4.78, 5) is 18.0. The molecule has 2 aromatic rings. The van der Waals surface area contributed by atoms with E-state index in [-0.39, 0.29) is 11.7 Å². The Hall–Kier alpha value is -2.27. The van der Waals surface area contributed by atoms with Crippen molar-refractivity contribution in [2.24, 2.45) is 5.73 Å². The number of halogens is 1. The highest BCUT2D eigenvalue weighted by Gasteiger charge is 2.28. The summed E-state index contributed by atoms with van der Waals surface area (Å²) >= 11 is 0. The van der Waals surface area contributed by atoms with Crippen LogP contribution in [0.1, 0.15) is 21.5 Å². The molecule has 20 heavy (non-hydrogen) atoms. The molecule has 0 spiro atoms. The van der Waals surface area contributed by atoms with Gasteiger partial charge in [0.1, 0.15) is 5.82 Å². The lowest BCUT2D eigenvalue weighted by molar-refractivity contribution is 0.0988. The number of para-hydroxylation sites is 1. The van der Waals surface area contributed by atoms with Crippen LogP contribution in [0.15, 0.2) is 36.7 Å². The van der Waals surface area contributed by atoms with Crippen molar-refractivity contribution in [1.29, 1.82) is 0 Å². The normalized spacial score (nSPS) is 13.4. The highest BCUT2D eigenvalue weighted by atomic mass is 19.1. The Kier molecular flexibility index (Phi) is 3.20. The van der Waals surface area contributed by atoms with Gasteiger partial charge in [-0.2, -0.15) is 0 Å². The maximum Gasteiger partial charge on any atom is 0.259 e. The number of carbonyl (C=O) groups excluding carboxylic acids is 1. The van der Waals surface area contributed by atoms with E-state index in [0.717, 1.165) is 11.1 Å².